The Kier molecular flexibility index (Phi) is 8.97. The van der Waals surface area contributed by atoms with Gasteiger partial charge in [-0.2, -0.15) is 0 Å². The summed E-state index contributed by atoms with van der Waals surface area (Å²) in [5.74, 6) is -1.17. The molecule has 2 N–H and O–H groups in total. The van der Waals surface area contributed by atoms with E-state index in [0.717, 1.165) is 16.7 Å². The zero-order valence-electron chi connectivity index (χ0n) is 19.7. The molecule has 0 heterocycles. The molecule has 6 nitrogen and oxygen atoms in total. The van der Waals surface area contributed by atoms with Crippen LogP contribution in [-0.4, -0.2) is 35.7 Å². The SMILES string of the molecule is CCC(C(=O)N(CC(=O)NCC(=O)Nc1cccc(C)c1)Cc1ccccc1)c1ccccc1. The third-order valence-corrected chi connectivity index (χ3v) is 5.52. The number of hydrogen-bond donors (Lipinski definition) is 2. The van der Waals surface area contributed by atoms with Crippen molar-refractivity contribution in [2.75, 3.05) is 18.4 Å². The Morgan fingerprint density at radius 3 is 2.18 bits per heavy atom. The van der Waals surface area contributed by atoms with E-state index in [-0.39, 0.29) is 36.7 Å². The first-order chi connectivity index (χ1) is 16.5. The van der Waals surface area contributed by atoms with Gasteiger partial charge in [0, 0.05) is 12.2 Å². The van der Waals surface area contributed by atoms with Gasteiger partial charge in [-0.05, 0) is 42.2 Å². The van der Waals surface area contributed by atoms with Gasteiger partial charge in [-0.3, -0.25) is 14.4 Å². The maximum atomic E-state index is 13.5. The first-order valence-corrected chi connectivity index (χ1v) is 11.5. The highest BCUT2D eigenvalue weighted by Gasteiger charge is 2.26. The van der Waals surface area contributed by atoms with Crippen LogP contribution in [0.3, 0.4) is 0 Å². The first kappa shape index (κ1) is 24.7. The van der Waals surface area contributed by atoms with E-state index in [4.69, 9.17) is 0 Å². The molecule has 0 saturated carbocycles. The number of carbonyl (C=O) groups is 3. The molecular formula is C28H31N3O3. The van der Waals surface area contributed by atoms with Gasteiger partial charge in [-0.25, -0.2) is 0 Å². The van der Waals surface area contributed by atoms with Gasteiger partial charge >= 0.3 is 0 Å². The van der Waals surface area contributed by atoms with Crippen molar-refractivity contribution in [1.82, 2.24) is 10.2 Å². The molecule has 1 unspecified atom stereocenters. The summed E-state index contributed by atoms with van der Waals surface area (Å²) in [6.45, 7) is 3.91. The molecule has 0 radical (unpaired) electrons. The quantitative estimate of drug-likeness (QED) is 0.477. The first-order valence-electron chi connectivity index (χ1n) is 11.5. The van der Waals surface area contributed by atoms with Crippen LogP contribution < -0.4 is 10.6 Å². The number of nitrogens with one attached hydrogen (secondary N) is 2. The van der Waals surface area contributed by atoms with Gasteiger partial charge < -0.3 is 15.5 Å². The van der Waals surface area contributed by atoms with Crippen LogP contribution in [0.1, 0.15) is 36.0 Å². The lowest BCUT2D eigenvalue weighted by Crippen LogP contribution is -2.44. The van der Waals surface area contributed by atoms with E-state index in [1.165, 1.54) is 0 Å². The number of nitrogens with zero attached hydrogens (tertiary/aromatic N) is 1. The fraction of sp³-hybridized carbons (Fsp3) is 0.250. The molecule has 0 bridgehead atoms. The van der Waals surface area contributed by atoms with Crippen LogP contribution in [0, 0.1) is 6.92 Å². The lowest BCUT2D eigenvalue weighted by molar-refractivity contribution is -0.138. The minimum absolute atomic E-state index is 0.114. The Labute approximate surface area is 201 Å². The number of aryl methyl sites for hydroxylation is 1. The molecule has 3 aromatic carbocycles. The molecule has 1 atom stereocenters. The number of amides is 3. The summed E-state index contributed by atoms with van der Waals surface area (Å²) >= 11 is 0. The Morgan fingerprint density at radius 2 is 1.53 bits per heavy atom. The van der Waals surface area contributed by atoms with Crippen molar-refractivity contribution in [3.8, 4) is 0 Å². The molecule has 34 heavy (non-hydrogen) atoms. The maximum absolute atomic E-state index is 13.5. The van der Waals surface area contributed by atoms with Crippen LogP contribution in [0.5, 0.6) is 0 Å². The molecule has 3 amide bonds. The summed E-state index contributed by atoms with van der Waals surface area (Å²) < 4.78 is 0. The van der Waals surface area contributed by atoms with Crippen LogP contribution in [0.4, 0.5) is 5.69 Å². The number of hydrogen-bond acceptors (Lipinski definition) is 3. The van der Waals surface area contributed by atoms with Gasteiger partial charge in [0.05, 0.1) is 19.0 Å². The minimum Gasteiger partial charge on any atom is -0.345 e. The molecule has 0 aromatic heterocycles. The second kappa shape index (κ2) is 12.3. The molecule has 0 aliphatic rings. The number of anilines is 1. The monoisotopic (exact) mass is 457 g/mol. The number of benzene rings is 3. The van der Waals surface area contributed by atoms with Gasteiger partial charge in [0.25, 0.3) is 0 Å². The van der Waals surface area contributed by atoms with Crippen LogP contribution >= 0.6 is 0 Å². The average Bonchev–Trinajstić information content (AvgIpc) is 2.84. The van der Waals surface area contributed by atoms with E-state index < -0.39 is 0 Å². The second-order valence-corrected chi connectivity index (χ2v) is 8.25. The molecule has 6 heteroatoms. The molecule has 0 aliphatic carbocycles. The maximum Gasteiger partial charge on any atom is 0.243 e. The highest BCUT2D eigenvalue weighted by Crippen LogP contribution is 2.23. The summed E-state index contributed by atoms with van der Waals surface area (Å²) in [4.78, 5) is 40.0. The van der Waals surface area contributed by atoms with Crippen molar-refractivity contribution in [3.63, 3.8) is 0 Å². The summed E-state index contributed by atoms with van der Waals surface area (Å²) in [5, 5.41) is 5.41. The molecule has 3 rings (SSSR count). The van der Waals surface area contributed by atoms with Crippen molar-refractivity contribution in [2.45, 2.75) is 32.7 Å². The van der Waals surface area contributed by atoms with E-state index in [2.05, 4.69) is 10.6 Å². The van der Waals surface area contributed by atoms with Crippen molar-refractivity contribution < 1.29 is 14.4 Å². The molecule has 0 saturated heterocycles. The molecule has 176 valence electrons. The van der Waals surface area contributed by atoms with Crippen LogP contribution in [0.15, 0.2) is 84.9 Å². The van der Waals surface area contributed by atoms with E-state index in [9.17, 15) is 14.4 Å². The normalized spacial score (nSPS) is 11.4. The number of rotatable bonds is 10. The topological polar surface area (TPSA) is 78.5 Å². The van der Waals surface area contributed by atoms with Gasteiger partial charge in [-0.15, -0.1) is 0 Å². The average molecular weight is 458 g/mol. The van der Waals surface area contributed by atoms with Crippen molar-refractivity contribution in [1.29, 1.82) is 0 Å². The summed E-state index contributed by atoms with van der Waals surface area (Å²) in [5.41, 5.74) is 3.56. The van der Waals surface area contributed by atoms with Gasteiger partial charge in [-0.1, -0.05) is 79.7 Å². The molecule has 0 aliphatic heterocycles. The second-order valence-electron chi connectivity index (χ2n) is 8.25. The highest BCUT2D eigenvalue weighted by atomic mass is 16.2. The lowest BCUT2D eigenvalue weighted by Gasteiger charge is -2.27. The molecular weight excluding hydrogens is 426 g/mol. The molecule has 0 spiro atoms. The molecule has 3 aromatic rings. The van der Waals surface area contributed by atoms with Crippen LogP contribution in [-0.2, 0) is 20.9 Å². The van der Waals surface area contributed by atoms with E-state index in [1.807, 2.05) is 92.7 Å². The summed E-state index contributed by atoms with van der Waals surface area (Å²) in [6, 6.07) is 26.6. The van der Waals surface area contributed by atoms with E-state index in [1.54, 1.807) is 11.0 Å². The zero-order valence-corrected chi connectivity index (χ0v) is 19.7. The fourth-order valence-corrected chi connectivity index (χ4v) is 3.81. The Bertz CT molecular complexity index is 1100. The summed E-state index contributed by atoms with van der Waals surface area (Å²) in [6.07, 6.45) is 0.620. The third kappa shape index (κ3) is 7.30. The predicted molar refractivity (Wildman–Crippen MR) is 134 cm³/mol. The lowest BCUT2D eigenvalue weighted by atomic mass is 9.94. The van der Waals surface area contributed by atoms with E-state index in [0.29, 0.717) is 18.7 Å². The summed E-state index contributed by atoms with van der Waals surface area (Å²) in [7, 11) is 0. The standard InChI is InChI=1S/C28H31N3O3/c1-3-25(23-14-8-5-9-15-23)28(34)31(19-22-12-6-4-7-13-22)20-27(33)29-18-26(32)30-24-16-10-11-21(2)17-24/h4-17,25H,3,18-20H2,1-2H3,(H,29,33)(H,30,32). The Balaban J connectivity index is 1.66. The Morgan fingerprint density at radius 1 is 0.853 bits per heavy atom. The highest BCUT2D eigenvalue weighted by molar-refractivity contribution is 5.95. The van der Waals surface area contributed by atoms with Gasteiger partial charge in [0.2, 0.25) is 17.7 Å². The fourth-order valence-electron chi connectivity index (χ4n) is 3.81. The van der Waals surface area contributed by atoms with Crippen LogP contribution in [0.25, 0.3) is 0 Å². The van der Waals surface area contributed by atoms with Crippen molar-refractivity contribution in [2.24, 2.45) is 0 Å². The minimum atomic E-state index is -0.383. The largest absolute Gasteiger partial charge is 0.345 e. The van der Waals surface area contributed by atoms with E-state index >= 15 is 0 Å². The number of carbonyl (C=O) groups excluding carboxylic acids is 3. The zero-order chi connectivity index (χ0) is 24.3. The van der Waals surface area contributed by atoms with Gasteiger partial charge in [0.1, 0.15) is 0 Å². The van der Waals surface area contributed by atoms with Crippen LogP contribution in [0.2, 0.25) is 0 Å². The van der Waals surface area contributed by atoms with Crippen molar-refractivity contribution >= 4 is 23.4 Å². The molecule has 0 fully saturated rings. The predicted octanol–water partition coefficient (Wildman–Crippen LogP) is 4.27. The van der Waals surface area contributed by atoms with Crippen molar-refractivity contribution in [3.05, 3.63) is 102 Å². The Hall–Kier alpha value is -3.93. The van der Waals surface area contributed by atoms with Gasteiger partial charge in [0.15, 0.2) is 0 Å². The third-order valence-electron chi connectivity index (χ3n) is 5.52. The smallest absolute Gasteiger partial charge is 0.243 e.